The topological polar surface area (TPSA) is 84.9 Å². The van der Waals surface area contributed by atoms with Crippen LogP contribution in [-0.4, -0.2) is 34.1 Å². The summed E-state index contributed by atoms with van der Waals surface area (Å²) in [5, 5.41) is 3.30. The zero-order valence-corrected chi connectivity index (χ0v) is 22.0. The third-order valence-corrected chi connectivity index (χ3v) is 8.27. The molecule has 9 heteroatoms. The minimum absolute atomic E-state index is 0.0688. The van der Waals surface area contributed by atoms with Crippen LogP contribution in [0.3, 0.4) is 0 Å². The molecule has 1 aliphatic rings. The maximum absolute atomic E-state index is 13.6. The fourth-order valence-electron chi connectivity index (χ4n) is 4.17. The van der Waals surface area contributed by atoms with Crippen molar-refractivity contribution in [3.05, 3.63) is 82.4 Å². The van der Waals surface area contributed by atoms with Crippen LogP contribution in [0.2, 0.25) is 5.02 Å². The Morgan fingerprint density at radius 2 is 1.81 bits per heavy atom. The van der Waals surface area contributed by atoms with Crippen LogP contribution in [0.25, 0.3) is 0 Å². The fourth-order valence-corrected chi connectivity index (χ4v) is 5.80. The molecule has 0 aliphatic carbocycles. The molecule has 0 radical (unpaired) electrons. The van der Waals surface area contributed by atoms with Crippen LogP contribution in [0.5, 0.6) is 11.5 Å². The summed E-state index contributed by atoms with van der Waals surface area (Å²) in [7, 11) is -2.50. The lowest BCUT2D eigenvalue weighted by Gasteiger charge is -2.35. The monoisotopic (exact) mass is 528 g/mol. The van der Waals surface area contributed by atoms with Gasteiger partial charge in [-0.2, -0.15) is 0 Å². The molecule has 3 aromatic rings. The molecule has 1 aliphatic heterocycles. The van der Waals surface area contributed by atoms with Crippen molar-refractivity contribution in [2.45, 2.75) is 44.2 Å². The van der Waals surface area contributed by atoms with Gasteiger partial charge in [-0.15, -0.1) is 0 Å². The van der Waals surface area contributed by atoms with E-state index in [9.17, 15) is 13.2 Å². The Morgan fingerprint density at radius 3 is 2.47 bits per heavy atom. The number of ether oxygens (including phenoxy) is 2. The number of hydrogen-bond donors (Lipinski definition) is 1. The Balaban J connectivity index is 1.61. The molecule has 1 N–H and O–H groups in total. The second-order valence-electron chi connectivity index (χ2n) is 8.46. The molecule has 0 bridgehead atoms. The zero-order chi connectivity index (χ0) is 25.9. The van der Waals surface area contributed by atoms with Gasteiger partial charge in [0.25, 0.3) is 15.9 Å². The number of hydrogen-bond acceptors (Lipinski definition) is 5. The number of fused-ring (bicyclic) bond motifs is 1. The van der Waals surface area contributed by atoms with Crippen LogP contribution in [0.15, 0.2) is 65.6 Å². The first-order valence-corrected chi connectivity index (χ1v) is 13.6. The van der Waals surface area contributed by atoms with Crippen molar-refractivity contribution in [2.75, 3.05) is 18.0 Å². The van der Waals surface area contributed by atoms with Gasteiger partial charge in [0, 0.05) is 11.6 Å². The summed E-state index contributed by atoms with van der Waals surface area (Å²) < 4.78 is 39.5. The Bertz CT molecular complexity index is 1360. The van der Waals surface area contributed by atoms with Crippen LogP contribution < -0.4 is 19.1 Å². The predicted molar refractivity (Wildman–Crippen MR) is 140 cm³/mol. The number of nitrogens with zero attached hydrogens (tertiary/aromatic N) is 1. The van der Waals surface area contributed by atoms with Gasteiger partial charge in [-0.1, -0.05) is 43.6 Å². The third kappa shape index (κ3) is 5.29. The summed E-state index contributed by atoms with van der Waals surface area (Å²) >= 11 is 6.17. The van der Waals surface area contributed by atoms with Gasteiger partial charge in [-0.3, -0.25) is 9.10 Å². The minimum Gasteiger partial charge on any atom is -0.497 e. The molecule has 0 fully saturated rings. The summed E-state index contributed by atoms with van der Waals surface area (Å²) in [5.41, 5.74) is 3.66. The fraction of sp³-hybridized carbons (Fsp3) is 0.296. The Kier molecular flexibility index (Phi) is 7.76. The van der Waals surface area contributed by atoms with Gasteiger partial charge < -0.3 is 14.8 Å². The summed E-state index contributed by atoms with van der Waals surface area (Å²) in [4.78, 5) is 13.3. The lowest BCUT2D eigenvalue weighted by atomic mass is 10.0. The van der Waals surface area contributed by atoms with Gasteiger partial charge in [0.2, 0.25) is 0 Å². The van der Waals surface area contributed by atoms with Crippen molar-refractivity contribution < 1.29 is 22.7 Å². The number of carbonyl (C=O) groups excluding carboxylic acids is 1. The highest BCUT2D eigenvalue weighted by Gasteiger charge is 2.37. The van der Waals surface area contributed by atoms with Gasteiger partial charge in [0.15, 0.2) is 6.10 Å². The van der Waals surface area contributed by atoms with Crippen molar-refractivity contribution in [2.24, 2.45) is 0 Å². The van der Waals surface area contributed by atoms with Crippen LogP contribution >= 0.6 is 11.6 Å². The number of sulfonamides is 1. The molecule has 1 atom stereocenters. The lowest BCUT2D eigenvalue weighted by Crippen LogP contribution is -2.50. The number of benzene rings is 3. The van der Waals surface area contributed by atoms with E-state index in [1.165, 1.54) is 35.2 Å². The van der Waals surface area contributed by atoms with Crippen LogP contribution in [0, 0.1) is 0 Å². The van der Waals surface area contributed by atoms with Crippen molar-refractivity contribution in [1.82, 2.24) is 5.32 Å². The molecule has 0 saturated heterocycles. The molecule has 1 heterocycles. The highest BCUT2D eigenvalue weighted by Crippen LogP contribution is 2.39. The minimum atomic E-state index is -4.01. The van der Waals surface area contributed by atoms with Crippen LogP contribution in [0.4, 0.5) is 5.69 Å². The molecule has 7 nitrogen and oxygen atoms in total. The number of amides is 1. The second-order valence-corrected chi connectivity index (χ2v) is 10.8. The molecule has 36 heavy (non-hydrogen) atoms. The molecule has 3 aromatic carbocycles. The number of anilines is 1. The van der Waals surface area contributed by atoms with Crippen molar-refractivity contribution in [3.63, 3.8) is 0 Å². The highest BCUT2D eigenvalue weighted by atomic mass is 35.5. The van der Waals surface area contributed by atoms with Crippen molar-refractivity contribution in [1.29, 1.82) is 0 Å². The summed E-state index contributed by atoms with van der Waals surface area (Å²) in [6, 6.07) is 17.1. The summed E-state index contributed by atoms with van der Waals surface area (Å²) in [6.07, 6.45) is 0.705. The number of methoxy groups -OCH3 is 1. The van der Waals surface area contributed by atoms with Crippen LogP contribution in [0.1, 0.15) is 30.5 Å². The lowest BCUT2D eigenvalue weighted by molar-refractivity contribution is -0.127. The Hall–Kier alpha value is -3.23. The predicted octanol–water partition coefficient (Wildman–Crippen LogP) is 4.75. The molecule has 4 rings (SSSR count). The number of nitrogens with one attached hydrogen (secondary N) is 1. The first-order chi connectivity index (χ1) is 17.3. The zero-order valence-electron chi connectivity index (χ0n) is 20.5. The number of rotatable bonds is 8. The maximum atomic E-state index is 13.6. The second kappa shape index (κ2) is 10.8. The third-order valence-electron chi connectivity index (χ3n) is 6.24. The smallest absolute Gasteiger partial charge is 0.264 e. The standard InChI is InChI=1S/C27H29ClN2O5S/c1-4-18-6-7-19(5-2)20(14-18)16-29-27(31)26-17-30(24-15-21(28)8-13-25(24)35-26)36(32,33)23-11-9-22(34-3)10-12-23/h6-15,26H,4-5,16-17H2,1-3H3,(H,29,31). The van der Waals surface area contributed by atoms with Gasteiger partial charge in [-0.25, -0.2) is 8.42 Å². The molecular formula is C27H29ClN2O5S. The largest absolute Gasteiger partial charge is 0.497 e. The van der Waals surface area contributed by atoms with E-state index in [1.54, 1.807) is 24.3 Å². The van der Waals surface area contributed by atoms with Crippen molar-refractivity contribution in [3.8, 4) is 11.5 Å². The summed E-state index contributed by atoms with van der Waals surface area (Å²) in [6.45, 7) is 4.29. The molecule has 1 amide bonds. The number of aryl methyl sites for hydroxylation is 2. The average Bonchev–Trinajstić information content (AvgIpc) is 2.90. The first kappa shape index (κ1) is 25.9. The average molecular weight is 529 g/mol. The maximum Gasteiger partial charge on any atom is 0.264 e. The van der Waals surface area contributed by atoms with E-state index < -0.39 is 22.0 Å². The van der Waals surface area contributed by atoms with Crippen molar-refractivity contribution >= 4 is 33.2 Å². The van der Waals surface area contributed by atoms with E-state index in [1.807, 2.05) is 0 Å². The van der Waals surface area contributed by atoms with Gasteiger partial charge in [0.1, 0.15) is 11.5 Å². The molecule has 1 unspecified atom stereocenters. The van der Waals surface area contributed by atoms with E-state index in [-0.39, 0.29) is 22.9 Å². The number of halogens is 1. The molecule has 0 aromatic heterocycles. The van der Waals surface area contributed by atoms with Crippen LogP contribution in [-0.2, 0) is 34.2 Å². The summed E-state index contributed by atoms with van der Waals surface area (Å²) in [5.74, 6) is 0.412. The quantitative estimate of drug-likeness (QED) is 0.456. The molecule has 190 valence electrons. The normalized spacial score (nSPS) is 15.1. The molecular weight excluding hydrogens is 500 g/mol. The number of carbonyl (C=O) groups is 1. The van der Waals surface area contributed by atoms with Gasteiger partial charge in [-0.05, 0) is 72.0 Å². The molecule has 0 spiro atoms. The Morgan fingerprint density at radius 1 is 1.06 bits per heavy atom. The Labute approximate surface area is 217 Å². The SMILES string of the molecule is CCc1ccc(CC)c(CNC(=O)C2CN(S(=O)(=O)c3ccc(OC)cc3)c3cc(Cl)ccc3O2)c1. The molecule has 0 saturated carbocycles. The first-order valence-electron chi connectivity index (χ1n) is 11.8. The van der Waals surface area contributed by atoms with E-state index in [0.29, 0.717) is 17.3 Å². The van der Waals surface area contributed by atoms with Gasteiger partial charge >= 0.3 is 0 Å². The van der Waals surface area contributed by atoms with E-state index in [2.05, 4.69) is 37.4 Å². The highest BCUT2D eigenvalue weighted by molar-refractivity contribution is 7.92. The van der Waals surface area contributed by atoms with E-state index >= 15 is 0 Å². The van der Waals surface area contributed by atoms with E-state index in [4.69, 9.17) is 21.1 Å². The van der Waals surface area contributed by atoms with Gasteiger partial charge in [0.05, 0.1) is 24.2 Å². The van der Waals surface area contributed by atoms with E-state index in [0.717, 1.165) is 24.0 Å².